The Morgan fingerprint density at radius 2 is 2.47 bits per heavy atom. The van der Waals surface area contributed by atoms with Crippen molar-refractivity contribution in [2.24, 2.45) is 0 Å². The standard InChI is InChI=1S/C11H10N4OS/c12-4-9-3-7-5-13-11(17)14-10(7)15(9)8-1-2-16-6-8/h3,5,8H,1-2,6H2,(H,13,14,17). The zero-order valence-corrected chi connectivity index (χ0v) is 9.89. The fraction of sp³-hybridized carbons (Fsp3) is 0.364. The van der Waals surface area contributed by atoms with E-state index in [0.717, 1.165) is 24.1 Å². The summed E-state index contributed by atoms with van der Waals surface area (Å²) >= 11 is 4.14. The molecule has 0 saturated carbocycles. The van der Waals surface area contributed by atoms with Crippen LogP contribution in [0.4, 0.5) is 0 Å². The first-order valence-electron chi connectivity index (χ1n) is 5.34. The Bertz CT molecular complexity index is 610. The van der Waals surface area contributed by atoms with Crippen LogP contribution in [0.1, 0.15) is 18.2 Å². The molecule has 2 aromatic heterocycles. The Balaban J connectivity index is 2.25. The van der Waals surface area contributed by atoms with E-state index in [9.17, 15) is 5.26 Å². The number of aromatic nitrogens is 3. The van der Waals surface area contributed by atoms with Crippen LogP contribution in [0.15, 0.2) is 17.4 Å². The molecule has 1 fully saturated rings. The lowest BCUT2D eigenvalue weighted by Crippen LogP contribution is -2.11. The van der Waals surface area contributed by atoms with E-state index in [0.29, 0.717) is 17.5 Å². The predicted octanol–water partition coefficient (Wildman–Crippen LogP) is 1.55. The van der Waals surface area contributed by atoms with E-state index in [1.165, 1.54) is 0 Å². The molecule has 0 aliphatic carbocycles. The van der Waals surface area contributed by atoms with Crippen molar-refractivity contribution < 1.29 is 4.74 Å². The smallest absolute Gasteiger partial charge is 0.186 e. The summed E-state index contributed by atoms with van der Waals surface area (Å²) in [5.41, 5.74) is 1.36. The zero-order chi connectivity index (χ0) is 11.8. The first-order valence-corrected chi connectivity index (χ1v) is 5.79. The normalized spacial score (nSPS) is 19.6. The molecule has 3 rings (SSSR count). The van der Waals surface area contributed by atoms with Crippen molar-refractivity contribution >= 4 is 23.7 Å². The maximum Gasteiger partial charge on any atom is 0.186 e. The minimum atomic E-state index is 0.185. The SMILES string of the molecule is N#Cc1cc2cnc(S)nc2n1C1CCOC1. The summed E-state index contributed by atoms with van der Waals surface area (Å²) in [5, 5.41) is 10.5. The third-order valence-corrected chi connectivity index (χ3v) is 3.16. The summed E-state index contributed by atoms with van der Waals surface area (Å²) in [6, 6.07) is 4.19. The van der Waals surface area contributed by atoms with Crippen molar-refractivity contribution in [3.8, 4) is 6.07 Å². The summed E-state index contributed by atoms with van der Waals surface area (Å²) in [6.45, 7) is 1.36. The molecule has 86 valence electrons. The van der Waals surface area contributed by atoms with Gasteiger partial charge in [0, 0.05) is 18.2 Å². The molecule has 0 amide bonds. The van der Waals surface area contributed by atoms with Crippen LogP contribution in [0.3, 0.4) is 0 Å². The van der Waals surface area contributed by atoms with Gasteiger partial charge in [-0.3, -0.25) is 0 Å². The van der Waals surface area contributed by atoms with E-state index in [2.05, 4.69) is 28.7 Å². The summed E-state index contributed by atoms with van der Waals surface area (Å²) < 4.78 is 7.30. The molecular formula is C11H10N4OS. The zero-order valence-electron chi connectivity index (χ0n) is 9.00. The van der Waals surface area contributed by atoms with E-state index in [4.69, 9.17) is 4.74 Å². The Labute approximate surface area is 103 Å². The predicted molar refractivity (Wildman–Crippen MR) is 64.0 cm³/mol. The molecule has 0 aromatic carbocycles. The van der Waals surface area contributed by atoms with Gasteiger partial charge in [-0.05, 0) is 12.5 Å². The minimum Gasteiger partial charge on any atom is -0.379 e. The fourth-order valence-corrected chi connectivity index (χ4v) is 2.33. The van der Waals surface area contributed by atoms with Crippen LogP contribution in [0, 0.1) is 11.3 Å². The van der Waals surface area contributed by atoms with E-state index >= 15 is 0 Å². The Morgan fingerprint density at radius 3 is 3.18 bits per heavy atom. The maximum absolute atomic E-state index is 9.17. The van der Waals surface area contributed by atoms with Gasteiger partial charge in [0.15, 0.2) is 5.16 Å². The molecule has 1 aliphatic rings. The van der Waals surface area contributed by atoms with Crippen molar-refractivity contribution in [3.63, 3.8) is 0 Å². The molecule has 1 unspecified atom stereocenters. The first kappa shape index (κ1) is 10.6. The van der Waals surface area contributed by atoms with Crippen molar-refractivity contribution in [1.29, 1.82) is 5.26 Å². The number of ether oxygens (including phenoxy) is 1. The van der Waals surface area contributed by atoms with Crippen molar-refractivity contribution in [1.82, 2.24) is 14.5 Å². The molecule has 2 aromatic rings. The van der Waals surface area contributed by atoms with E-state index < -0.39 is 0 Å². The first-order chi connectivity index (χ1) is 8.29. The van der Waals surface area contributed by atoms with Crippen LogP contribution in [-0.2, 0) is 4.74 Å². The summed E-state index contributed by atoms with van der Waals surface area (Å²) in [4.78, 5) is 8.32. The van der Waals surface area contributed by atoms with Gasteiger partial charge in [-0.1, -0.05) is 0 Å². The molecule has 1 atom stereocenters. The Morgan fingerprint density at radius 1 is 1.59 bits per heavy atom. The van der Waals surface area contributed by atoms with Gasteiger partial charge < -0.3 is 9.30 Å². The van der Waals surface area contributed by atoms with Crippen LogP contribution >= 0.6 is 12.6 Å². The van der Waals surface area contributed by atoms with Gasteiger partial charge >= 0.3 is 0 Å². The third kappa shape index (κ3) is 1.68. The molecule has 17 heavy (non-hydrogen) atoms. The van der Waals surface area contributed by atoms with Gasteiger partial charge in [-0.2, -0.15) is 5.26 Å². The third-order valence-electron chi connectivity index (χ3n) is 2.95. The van der Waals surface area contributed by atoms with Gasteiger partial charge in [-0.25, -0.2) is 9.97 Å². The van der Waals surface area contributed by atoms with E-state index in [1.54, 1.807) is 12.3 Å². The summed E-state index contributed by atoms with van der Waals surface area (Å²) in [7, 11) is 0. The number of fused-ring (bicyclic) bond motifs is 1. The van der Waals surface area contributed by atoms with Crippen LogP contribution in [0.5, 0.6) is 0 Å². The summed E-state index contributed by atoms with van der Waals surface area (Å²) in [6.07, 6.45) is 2.60. The lowest BCUT2D eigenvalue weighted by Gasteiger charge is -2.12. The quantitative estimate of drug-likeness (QED) is 0.612. The number of nitriles is 1. The summed E-state index contributed by atoms with van der Waals surface area (Å²) in [5.74, 6) is 0. The number of nitrogens with zero attached hydrogens (tertiary/aromatic N) is 4. The molecule has 3 heterocycles. The average Bonchev–Trinajstić information content (AvgIpc) is 2.93. The van der Waals surface area contributed by atoms with Gasteiger partial charge in [0.25, 0.3) is 0 Å². The molecular weight excluding hydrogens is 236 g/mol. The second kappa shape index (κ2) is 4.02. The van der Waals surface area contributed by atoms with Gasteiger partial charge in [0.1, 0.15) is 17.4 Å². The van der Waals surface area contributed by atoms with Crippen LogP contribution in [0.2, 0.25) is 0 Å². The van der Waals surface area contributed by atoms with Crippen LogP contribution in [-0.4, -0.2) is 27.7 Å². The Kier molecular flexibility index (Phi) is 2.50. The van der Waals surface area contributed by atoms with Crippen molar-refractivity contribution in [3.05, 3.63) is 18.0 Å². The molecule has 1 aliphatic heterocycles. The number of hydrogen-bond acceptors (Lipinski definition) is 5. The van der Waals surface area contributed by atoms with Gasteiger partial charge in [0.2, 0.25) is 0 Å². The molecule has 1 saturated heterocycles. The molecule has 0 radical (unpaired) electrons. The van der Waals surface area contributed by atoms with Crippen LogP contribution in [0.25, 0.3) is 11.0 Å². The van der Waals surface area contributed by atoms with Crippen LogP contribution < -0.4 is 0 Å². The molecule has 5 nitrogen and oxygen atoms in total. The number of hydrogen-bond donors (Lipinski definition) is 1. The highest BCUT2D eigenvalue weighted by Crippen LogP contribution is 2.27. The number of rotatable bonds is 1. The average molecular weight is 246 g/mol. The monoisotopic (exact) mass is 246 g/mol. The second-order valence-corrected chi connectivity index (χ2v) is 4.38. The topological polar surface area (TPSA) is 63.7 Å². The lowest BCUT2D eigenvalue weighted by molar-refractivity contribution is 0.187. The highest BCUT2D eigenvalue weighted by atomic mass is 32.1. The lowest BCUT2D eigenvalue weighted by atomic mass is 10.2. The fourth-order valence-electron chi connectivity index (χ4n) is 2.18. The second-order valence-electron chi connectivity index (χ2n) is 3.98. The van der Waals surface area contributed by atoms with E-state index in [-0.39, 0.29) is 6.04 Å². The number of thiol groups is 1. The molecule has 6 heteroatoms. The Hall–Kier alpha value is -1.58. The van der Waals surface area contributed by atoms with Crippen molar-refractivity contribution in [2.45, 2.75) is 17.6 Å². The molecule has 0 spiro atoms. The highest BCUT2D eigenvalue weighted by molar-refractivity contribution is 7.80. The molecule has 0 bridgehead atoms. The largest absolute Gasteiger partial charge is 0.379 e. The van der Waals surface area contributed by atoms with Gasteiger partial charge in [-0.15, -0.1) is 12.6 Å². The maximum atomic E-state index is 9.17. The minimum absolute atomic E-state index is 0.185. The van der Waals surface area contributed by atoms with Crippen molar-refractivity contribution in [2.75, 3.05) is 13.2 Å². The highest BCUT2D eigenvalue weighted by Gasteiger charge is 2.23. The van der Waals surface area contributed by atoms with E-state index in [1.807, 2.05) is 4.57 Å². The van der Waals surface area contributed by atoms with Gasteiger partial charge in [0.05, 0.1) is 12.6 Å². The molecule has 0 N–H and O–H groups in total.